The number of primary amides is 1. The summed E-state index contributed by atoms with van der Waals surface area (Å²) in [5, 5.41) is 10.1. The highest BCUT2D eigenvalue weighted by Gasteiger charge is 2.34. The van der Waals surface area contributed by atoms with Crippen LogP contribution < -0.4 is 16.4 Å². The minimum atomic E-state index is -0.765. The average Bonchev–Trinajstić information content (AvgIpc) is 3.83. The third kappa shape index (κ3) is 6.36. The van der Waals surface area contributed by atoms with Crippen LogP contribution in [0.25, 0.3) is 10.9 Å². The predicted molar refractivity (Wildman–Crippen MR) is 142 cm³/mol. The number of carbonyl (C=O) groups is 4. The van der Waals surface area contributed by atoms with Gasteiger partial charge in [0.25, 0.3) is 5.91 Å². The van der Waals surface area contributed by atoms with E-state index in [2.05, 4.69) is 15.7 Å². The van der Waals surface area contributed by atoms with Crippen LogP contribution in [-0.4, -0.2) is 50.9 Å². The van der Waals surface area contributed by atoms with Crippen LogP contribution in [0.2, 0.25) is 5.02 Å². The maximum Gasteiger partial charge on any atom is 0.269 e. The first-order valence-electron chi connectivity index (χ1n) is 12.8. The Morgan fingerprint density at radius 1 is 1.10 bits per heavy atom. The van der Waals surface area contributed by atoms with Crippen molar-refractivity contribution in [1.29, 1.82) is 0 Å². The van der Waals surface area contributed by atoms with Crippen LogP contribution >= 0.6 is 11.6 Å². The maximum absolute atomic E-state index is 14.1. The van der Waals surface area contributed by atoms with Crippen molar-refractivity contribution in [2.75, 3.05) is 11.9 Å². The Morgan fingerprint density at radius 2 is 1.87 bits per heavy atom. The number of nitrogens with zero attached hydrogens (tertiary/aromatic N) is 3. The highest BCUT2D eigenvalue weighted by atomic mass is 35.5. The number of benzene rings is 2. The number of hydrogen-bond donors (Lipinski definition) is 3. The molecule has 10 nitrogen and oxygen atoms in total. The number of rotatable bonds is 11. The smallest absolute Gasteiger partial charge is 0.269 e. The Bertz CT molecular complexity index is 1470. The monoisotopic (exact) mass is 554 g/mol. The largest absolute Gasteiger partial charge is 0.364 e. The molecule has 0 radical (unpaired) electrons. The van der Waals surface area contributed by atoms with Crippen LogP contribution in [0.1, 0.15) is 48.2 Å². The molecule has 12 heteroatoms. The molecule has 2 saturated carbocycles. The fraction of sp³-hybridized carbons (Fsp3) is 0.370. The molecule has 39 heavy (non-hydrogen) atoms. The van der Waals surface area contributed by atoms with E-state index < -0.39 is 17.6 Å². The number of hydrogen-bond acceptors (Lipinski definition) is 5. The Morgan fingerprint density at radius 3 is 2.56 bits per heavy atom. The van der Waals surface area contributed by atoms with Crippen LogP contribution in [0.3, 0.4) is 0 Å². The first-order valence-corrected chi connectivity index (χ1v) is 13.2. The normalized spacial score (nSPS) is 14.7. The van der Waals surface area contributed by atoms with E-state index in [-0.39, 0.29) is 53.8 Å². The lowest BCUT2D eigenvalue weighted by molar-refractivity contribution is -0.137. The molecular weight excluding hydrogens is 527 g/mol. The van der Waals surface area contributed by atoms with E-state index in [1.807, 2.05) is 0 Å². The molecule has 0 aliphatic heterocycles. The van der Waals surface area contributed by atoms with Crippen molar-refractivity contribution in [1.82, 2.24) is 20.0 Å². The zero-order chi connectivity index (χ0) is 27.7. The van der Waals surface area contributed by atoms with Gasteiger partial charge in [0, 0.05) is 35.6 Å². The van der Waals surface area contributed by atoms with Crippen molar-refractivity contribution >= 4 is 51.8 Å². The summed E-state index contributed by atoms with van der Waals surface area (Å²) in [6.07, 6.45) is 4.09. The summed E-state index contributed by atoms with van der Waals surface area (Å²) in [6, 6.07) is 9.42. The van der Waals surface area contributed by atoms with Crippen molar-refractivity contribution in [2.45, 2.75) is 51.2 Å². The van der Waals surface area contributed by atoms with Gasteiger partial charge >= 0.3 is 0 Å². The van der Waals surface area contributed by atoms with Gasteiger partial charge in [-0.25, -0.2) is 4.39 Å². The summed E-state index contributed by atoms with van der Waals surface area (Å²) < 4.78 is 15.5. The fourth-order valence-electron chi connectivity index (χ4n) is 4.47. The maximum atomic E-state index is 14.1. The molecule has 1 heterocycles. The molecule has 2 aliphatic carbocycles. The standard InChI is InChI=1S/C27H28ClFN6O4/c28-20-3-1-2-16(25(20)29)12-31-23(37)13-34(18-7-8-18)24(38)14-35-21-9-6-17(32-22(36)10-15-4-5-15)11-19(21)26(33-35)27(30)39/h1-3,6,9,11,15,18H,4-5,7-8,10,12-14H2,(H2,30,39)(H,31,37)(H,32,36). The van der Waals surface area contributed by atoms with Crippen molar-refractivity contribution < 1.29 is 23.6 Å². The van der Waals surface area contributed by atoms with Gasteiger partial charge in [0.1, 0.15) is 12.4 Å². The zero-order valence-electron chi connectivity index (χ0n) is 21.1. The van der Waals surface area contributed by atoms with E-state index in [1.165, 1.54) is 21.7 Å². The molecular formula is C27H28ClFN6O4. The second-order valence-electron chi connectivity index (χ2n) is 10.0. The lowest BCUT2D eigenvalue weighted by Gasteiger charge is -2.22. The predicted octanol–water partition coefficient (Wildman–Crippen LogP) is 2.97. The van der Waals surface area contributed by atoms with E-state index in [0.717, 1.165) is 25.7 Å². The number of aromatic nitrogens is 2. The Hall–Kier alpha value is -3.99. The summed E-state index contributed by atoms with van der Waals surface area (Å²) in [5.74, 6) is -1.83. The molecule has 4 N–H and O–H groups in total. The summed E-state index contributed by atoms with van der Waals surface area (Å²) in [4.78, 5) is 51.7. The minimum absolute atomic E-state index is 0.0182. The first-order chi connectivity index (χ1) is 18.7. The van der Waals surface area contributed by atoms with Crippen LogP contribution in [-0.2, 0) is 27.5 Å². The van der Waals surface area contributed by atoms with Gasteiger partial charge in [0.05, 0.1) is 17.1 Å². The van der Waals surface area contributed by atoms with Gasteiger partial charge in [-0.1, -0.05) is 23.7 Å². The highest BCUT2D eigenvalue weighted by Crippen LogP contribution is 2.33. The van der Waals surface area contributed by atoms with E-state index in [0.29, 0.717) is 28.9 Å². The molecule has 0 atom stereocenters. The van der Waals surface area contributed by atoms with Gasteiger partial charge in [-0.05, 0) is 55.9 Å². The minimum Gasteiger partial charge on any atom is -0.364 e. The lowest BCUT2D eigenvalue weighted by atomic mass is 10.1. The number of nitrogens with one attached hydrogen (secondary N) is 2. The molecule has 0 spiro atoms. The van der Waals surface area contributed by atoms with Crippen molar-refractivity contribution in [3.8, 4) is 0 Å². The molecule has 2 aromatic carbocycles. The summed E-state index contributed by atoms with van der Waals surface area (Å²) in [6.45, 7) is -0.488. The van der Waals surface area contributed by atoms with Gasteiger partial charge in [-0.2, -0.15) is 5.10 Å². The second kappa shape index (κ2) is 11.0. The molecule has 3 aromatic rings. The molecule has 0 saturated heterocycles. The van der Waals surface area contributed by atoms with E-state index in [1.54, 1.807) is 24.3 Å². The SMILES string of the molecule is NC(=O)c1nn(CC(=O)N(CC(=O)NCc2cccc(Cl)c2F)C2CC2)c2ccc(NC(=O)CC3CC3)cc12. The fourth-order valence-corrected chi connectivity index (χ4v) is 4.67. The quantitative estimate of drug-likeness (QED) is 0.334. The third-order valence-corrected chi connectivity index (χ3v) is 7.15. The van der Waals surface area contributed by atoms with Gasteiger partial charge in [-0.15, -0.1) is 0 Å². The van der Waals surface area contributed by atoms with Crippen molar-refractivity contribution in [2.24, 2.45) is 11.7 Å². The van der Waals surface area contributed by atoms with Gasteiger partial charge < -0.3 is 21.3 Å². The van der Waals surface area contributed by atoms with Gasteiger partial charge in [-0.3, -0.25) is 23.9 Å². The molecule has 0 bridgehead atoms. The molecule has 2 fully saturated rings. The molecule has 0 unspecified atom stereocenters. The zero-order valence-corrected chi connectivity index (χ0v) is 21.8. The molecule has 1 aromatic heterocycles. The third-order valence-electron chi connectivity index (χ3n) is 6.85. The number of carbonyl (C=O) groups excluding carboxylic acids is 4. The van der Waals surface area contributed by atoms with E-state index in [4.69, 9.17) is 17.3 Å². The first kappa shape index (κ1) is 26.6. The lowest BCUT2D eigenvalue weighted by Crippen LogP contribution is -2.43. The number of anilines is 1. The van der Waals surface area contributed by atoms with Gasteiger partial charge in [0.15, 0.2) is 5.69 Å². The highest BCUT2D eigenvalue weighted by molar-refractivity contribution is 6.30. The molecule has 2 aliphatic rings. The number of nitrogens with two attached hydrogens (primary N) is 1. The second-order valence-corrected chi connectivity index (χ2v) is 10.4. The van der Waals surface area contributed by atoms with Crippen LogP contribution in [0.4, 0.5) is 10.1 Å². The molecule has 204 valence electrons. The van der Waals surface area contributed by atoms with Crippen LogP contribution in [0, 0.1) is 11.7 Å². The average molecular weight is 555 g/mol. The van der Waals surface area contributed by atoms with E-state index >= 15 is 0 Å². The van der Waals surface area contributed by atoms with Crippen molar-refractivity contribution in [3.05, 3.63) is 58.5 Å². The summed E-state index contributed by atoms with van der Waals surface area (Å²) in [7, 11) is 0. The Balaban J connectivity index is 1.28. The number of halogens is 2. The van der Waals surface area contributed by atoms with Crippen LogP contribution in [0.15, 0.2) is 36.4 Å². The summed E-state index contributed by atoms with van der Waals surface area (Å²) in [5.41, 5.74) is 6.77. The Labute approximate surface area is 228 Å². The summed E-state index contributed by atoms with van der Waals surface area (Å²) >= 11 is 5.80. The topological polar surface area (TPSA) is 139 Å². The van der Waals surface area contributed by atoms with E-state index in [9.17, 15) is 23.6 Å². The molecule has 5 rings (SSSR count). The number of amides is 4. The Kier molecular flexibility index (Phi) is 7.51. The number of fused-ring (bicyclic) bond motifs is 1. The molecule has 4 amide bonds. The van der Waals surface area contributed by atoms with Crippen LogP contribution in [0.5, 0.6) is 0 Å². The van der Waals surface area contributed by atoms with Gasteiger partial charge in [0.2, 0.25) is 17.7 Å². The van der Waals surface area contributed by atoms with Crippen molar-refractivity contribution in [3.63, 3.8) is 0 Å².